The van der Waals surface area contributed by atoms with Crippen molar-refractivity contribution in [3.05, 3.63) is 0 Å². The zero-order valence-electron chi connectivity index (χ0n) is 9.07. The minimum atomic E-state index is -0.895. The molecule has 0 saturated heterocycles. The van der Waals surface area contributed by atoms with E-state index in [9.17, 15) is 0 Å². The normalized spacial score (nSPS) is 14.4. The van der Waals surface area contributed by atoms with Gasteiger partial charge in [0.2, 0.25) is 0 Å². The van der Waals surface area contributed by atoms with Crippen LogP contribution in [0.1, 0.15) is 20.3 Å². The molecule has 0 heterocycles. The van der Waals surface area contributed by atoms with E-state index in [1.54, 1.807) is 0 Å². The van der Waals surface area contributed by atoms with Crippen LogP contribution in [0.25, 0.3) is 0 Å². The van der Waals surface area contributed by atoms with Crippen LogP contribution in [0.15, 0.2) is 0 Å². The maximum atomic E-state index is 9.00. The highest BCUT2D eigenvalue weighted by Crippen LogP contribution is 2.15. The Balaban J connectivity index is 3.82. The first-order valence-corrected chi connectivity index (χ1v) is 5.04. The molecule has 1 unspecified atom stereocenters. The summed E-state index contributed by atoms with van der Waals surface area (Å²) in [5, 5.41) is 27.0. The first-order valence-electron chi connectivity index (χ1n) is 5.04. The van der Waals surface area contributed by atoms with Crippen molar-refractivity contribution in [3.63, 3.8) is 0 Å². The van der Waals surface area contributed by atoms with Gasteiger partial charge in [-0.05, 0) is 5.92 Å². The van der Waals surface area contributed by atoms with Gasteiger partial charge in [-0.2, -0.15) is 0 Å². The Labute approximate surface area is 85.5 Å². The summed E-state index contributed by atoms with van der Waals surface area (Å²) in [5.74, 6) is 0.462. The van der Waals surface area contributed by atoms with E-state index in [0.717, 1.165) is 6.42 Å². The van der Waals surface area contributed by atoms with Gasteiger partial charge >= 0.3 is 0 Å². The first-order chi connectivity index (χ1) is 6.64. The van der Waals surface area contributed by atoms with E-state index in [0.29, 0.717) is 12.5 Å². The van der Waals surface area contributed by atoms with Crippen LogP contribution < -0.4 is 0 Å². The molecule has 0 aliphatic heterocycles. The van der Waals surface area contributed by atoms with Crippen molar-refractivity contribution in [2.75, 3.05) is 33.0 Å². The summed E-state index contributed by atoms with van der Waals surface area (Å²) in [6.45, 7) is 4.14. The Hall–Kier alpha value is -0.160. The maximum absolute atomic E-state index is 9.00. The van der Waals surface area contributed by atoms with Gasteiger partial charge in [-0.3, -0.25) is 0 Å². The molecule has 0 aromatic carbocycles. The predicted molar refractivity (Wildman–Crippen MR) is 54.0 cm³/mol. The molecule has 0 amide bonds. The fourth-order valence-corrected chi connectivity index (χ4v) is 0.881. The number of rotatable bonds is 8. The zero-order valence-corrected chi connectivity index (χ0v) is 9.07. The maximum Gasteiger partial charge on any atom is 0.0629 e. The average molecular weight is 206 g/mol. The Morgan fingerprint density at radius 3 is 2.00 bits per heavy atom. The number of hydrogen-bond acceptors (Lipinski definition) is 4. The number of aliphatic hydroxyl groups is 3. The van der Waals surface area contributed by atoms with Gasteiger partial charge < -0.3 is 20.1 Å². The highest BCUT2D eigenvalue weighted by atomic mass is 16.5. The van der Waals surface area contributed by atoms with Gasteiger partial charge in [0.15, 0.2) is 0 Å². The lowest BCUT2D eigenvalue weighted by Crippen LogP contribution is -2.39. The third-order valence-electron chi connectivity index (χ3n) is 2.51. The summed E-state index contributed by atoms with van der Waals surface area (Å²) in [7, 11) is 0. The average Bonchev–Trinajstić information content (AvgIpc) is 2.25. The highest BCUT2D eigenvalue weighted by molar-refractivity contribution is 4.76. The van der Waals surface area contributed by atoms with Crippen LogP contribution in [0.2, 0.25) is 0 Å². The van der Waals surface area contributed by atoms with Crippen molar-refractivity contribution >= 4 is 0 Å². The minimum absolute atomic E-state index is 0.195. The van der Waals surface area contributed by atoms with Crippen LogP contribution in [-0.4, -0.2) is 48.4 Å². The first kappa shape index (κ1) is 13.8. The van der Waals surface area contributed by atoms with Crippen LogP contribution >= 0.6 is 0 Å². The van der Waals surface area contributed by atoms with Crippen LogP contribution in [0.4, 0.5) is 0 Å². The lowest BCUT2D eigenvalue weighted by Gasteiger charge is -2.27. The Morgan fingerprint density at radius 1 is 1.14 bits per heavy atom. The molecular formula is C10H22O4. The van der Waals surface area contributed by atoms with Crippen LogP contribution in [0.5, 0.6) is 0 Å². The molecule has 0 aromatic heterocycles. The second-order valence-electron chi connectivity index (χ2n) is 4.00. The molecule has 0 aliphatic carbocycles. The van der Waals surface area contributed by atoms with Gasteiger partial charge in [-0.1, -0.05) is 20.3 Å². The molecular weight excluding hydrogens is 184 g/mol. The van der Waals surface area contributed by atoms with E-state index in [2.05, 4.69) is 13.8 Å². The SMILES string of the molecule is CCC(C)COCC(CO)(CO)CO. The summed E-state index contributed by atoms with van der Waals surface area (Å²) >= 11 is 0. The lowest BCUT2D eigenvalue weighted by molar-refractivity contribution is -0.0631. The van der Waals surface area contributed by atoms with Crippen molar-refractivity contribution in [1.29, 1.82) is 0 Å². The molecule has 4 heteroatoms. The number of ether oxygens (including phenoxy) is 1. The predicted octanol–water partition coefficient (Wildman–Crippen LogP) is 0.0124. The van der Waals surface area contributed by atoms with Crippen LogP contribution in [0.3, 0.4) is 0 Å². The van der Waals surface area contributed by atoms with Gasteiger partial charge in [0, 0.05) is 6.61 Å². The quantitative estimate of drug-likeness (QED) is 0.523. The van der Waals surface area contributed by atoms with Crippen LogP contribution in [-0.2, 0) is 4.74 Å². The molecule has 86 valence electrons. The molecule has 0 bridgehead atoms. The van der Waals surface area contributed by atoms with Gasteiger partial charge in [0.05, 0.1) is 31.8 Å². The van der Waals surface area contributed by atoms with E-state index < -0.39 is 5.41 Å². The summed E-state index contributed by atoms with van der Waals surface area (Å²) in [4.78, 5) is 0. The standard InChI is InChI=1S/C10H22O4/c1-3-9(2)4-14-8-10(5-11,6-12)7-13/h9,11-13H,3-8H2,1-2H3. The molecule has 0 rings (SSSR count). The molecule has 1 atom stereocenters. The molecule has 14 heavy (non-hydrogen) atoms. The van der Waals surface area contributed by atoms with Crippen molar-refractivity contribution < 1.29 is 20.1 Å². The van der Waals surface area contributed by atoms with Gasteiger partial charge in [0.1, 0.15) is 0 Å². The van der Waals surface area contributed by atoms with E-state index in [-0.39, 0.29) is 26.4 Å². The van der Waals surface area contributed by atoms with E-state index >= 15 is 0 Å². The van der Waals surface area contributed by atoms with Gasteiger partial charge in [0.25, 0.3) is 0 Å². The highest BCUT2D eigenvalue weighted by Gasteiger charge is 2.28. The third kappa shape index (κ3) is 4.37. The zero-order chi connectivity index (χ0) is 11.0. The van der Waals surface area contributed by atoms with Gasteiger partial charge in [-0.15, -0.1) is 0 Å². The summed E-state index contributed by atoms with van der Waals surface area (Å²) in [6, 6.07) is 0. The van der Waals surface area contributed by atoms with Crippen molar-refractivity contribution in [2.24, 2.45) is 11.3 Å². The Morgan fingerprint density at radius 2 is 1.64 bits per heavy atom. The molecule has 0 aromatic rings. The second-order valence-corrected chi connectivity index (χ2v) is 4.00. The molecule has 0 radical (unpaired) electrons. The molecule has 0 spiro atoms. The summed E-state index contributed by atoms with van der Waals surface area (Å²) in [6.07, 6.45) is 1.03. The topological polar surface area (TPSA) is 69.9 Å². The second kappa shape index (κ2) is 7.17. The van der Waals surface area contributed by atoms with E-state index in [4.69, 9.17) is 20.1 Å². The monoisotopic (exact) mass is 206 g/mol. The fourth-order valence-electron chi connectivity index (χ4n) is 0.881. The van der Waals surface area contributed by atoms with E-state index in [1.165, 1.54) is 0 Å². The largest absolute Gasteiger partial charge is 0.396 e. The van der Waals surface area contributed by atoms with Crippen molar-refractivity contribution in [2.45, 2.75) is 20.3 Å². The summed E-state index contributed by atoms with van der Waals surface area (Å²) in [5.41, 5.74) is -0.895. The third-order valence-corrected chi connectivity index (χ3v) is 2.51. The van der Waals surface area contributed by atoms with E-state index in [1.807, 2.05) is 0 Å². The molecule has 0 aliphatic rings. The molecule has 4 nitrogen and oxygen atoms in total. The minimum Gasteiger partial charge on any atom is -0.396 e. The molecule has 0 saturated carbocycles. The number of hydrogen-bond donors (Lipinski definition) is 3. The van der Waals surface area contributed by atoms with Crippen molar-refractivity contribution in [3.8, 4) is 0 Å². The fraction of sp³-hybridized carbons (Fsp3) is 1.00. The molecule has 0 fully saturated rings. The number of aliphatic hydroxyl groups excluding tert-OH is 3. The van der Waals surface area contributed by atoms with Gasteiger partial charge in [-0.25, -0.2) is 0 Å². The Bertz CT molecular complexity index is 126. The lowest BCUT2D eigenvalue weighted by atomic mass is 9.92. The Kier molecular flexibility index (Phi) is 7.09. The van der Waals surface area contributed by atoms with Crippen LogP contribution in [0, 0.1) is 11.3 Å². The smallest absolute Gasteiger partial charge is 0.0629 e. The van der Waals surface area contributed by atoms with Crippen molar-refractivity contribution in [1.82, 2.24) is 0 Å². The summed E-state index contributed by atoms with van der Waals surface area (Å²) < 4.78 is 5.34. The molecule has 3 N–H and O–H groups in total.